The first-order valence-corrected chi connectivity index (χ1v) is 12.3. The molecule has 7 rings (SSSR count). The lowest BCUT2D eigenvalue weighted by Gasteiger charge is -2.13. The number of nitrogens with zero attached hydrogens (tertiary/aromatic N) is 3. The molecule has 6 aromatic rings. The van der Waals surface area contributed by atoms with Crippen LogP contribution in [0.2, 0.25) is 0 Å². The van der Waals surface area contributed by atoms with Crippen LogP contribution in [0.1, 0.15) is 18.7 Å². The molecule has 2 heterocycles. The quantitative estimate of drug-likeness (QED) is 0.252. The van der Waals surface area contributed by atoms with Crippen LogP contribution in [0.15, 0.2) is 107 Å². The van der Waals surface area contributed by atoms with E-state index >= 15 is 0 Å². The van der Waals surface area contributed by atoms with Crippen LogP contribution in [0.4, 0.5) is 0 Å². The molecule has 4 nitrogen and oxygen atoms in total. The Morgan fingerprint density at radius 2 is 1.47 bits per heavy atom. The molecule has 0 N–H and O–H groups in total. The van der Waals surface area contributed by atoms with E-state index in [-0.39, 0.29) is 0 Å². The number of para-hydroxylation sites is 1. The fourth-order valence-electron chi connectivity index (χ4n) is 4.87. The Morgan fingerprint density at radius 3 is 2.39 bits per heavy atom. The summed E-state index contributed by atoms with van der Waals surface area (Å²) in [6, 6.07) is 28.6. The van der Waals surface area contributed by atoms with Crippen molar-refractivity contribution in [1.82, 2.24) is 15.0 Å². The van der Waals surface area contributed by atoms with Crippen LogP contribution in [0.25, 0.3) is 61.1 Å². The maximum Gasteiger partial charge on any atom is 0.165 e. The molecule has 1 aliphatic rings. The van der Waals surface area contributed by atoms with Gasteiger partial charge < -0.3 is 4.42 Å². The van der Waals surface area contributed by atoms with Gasteiger partial charge in [-0.1, -0.05) is 90.5 Å². The smallest absolute Gasteiger partial charge is 0.165 e. The Kier molecular flexibility index (Phi) is 4.93. The van der Waals surface area contributed by atoms with E-state index in [1.807, 2.05) is 54.6 Å². The van der Waals surface area contributed by atoms with Gasteiger partial charge in [0, 0.05) is 32.5 Å². The summed E-state index contributed by atoms with van der Waals surface area (Å²) in [4.78, 5) is 14.8. The van der Waals surface area contributed by atoms with Gasteiger partial charge in [-0.25, -0.2) is 15.0 Å². The molecule has 5 heteroatoms. The number of rotatable bonds is 3. The molecule has 0 spiro atoms. The molecule has 4 aromatic carbocycles. The Balaban J connectivity index is 1.51. The lowest BCUT2D eigenvalue weighted by atomic mass is 10.0. The average Bonchev–Trinajstić information content (AvgIpc) is 3.32. The van der Waals surface area contributed by atoms with Gasteiger partial charge in [0.15, 0.2) is 17.5 Å². The van der Waals surface area contributed by atoms with Gasteiger partial charge >= 0.3 is 0 Å². The lowest BCUT2D eigenvalue weighted by Crippen LogP contribution is -2.04. The third-order valence-electron chi connectivity index (χ3n) is 6.63. The molecule has 0 unspecified atom stereocenters. The van der Waals surface area contributed by atoms with Gasteiger partial charge in [-0.2, -0.15) is 0 Å². The summed E-state index contributed by atoms with van der Waals surface area (Å²) < 4.78 is 6.13. The number of furan rings is 1. The fraction of sp³-hybridized carbons (Fsp3) is 0.0645. The van der Waals surface area contributed by atoms with Crippen LogP contribution >= 0.6 is 11.6 Å². The minimum Gasteiger partial charge on any atom is -0.456 e. The number of hydrogen-bond acceptors (Lipinski definition) is 4. The first kappa shape index (κ1) is 21.0. The first-order chi connectivity index (χ1) is 17.7. The van der Waals surface area contributed by atoms with Crippen LogP contribution in [0, 0.1) is 0 Å². The molecule has 0 saturated carbocycles. The van der Waals surface area contributed by atoms with Gasteiger partial charge in [-0.15, -0.1) is 0 Å². The van der Waals surface area contributed by atoms with Crippen molar-refractivity contribution < 1.29 is 4.42 Å². The second-order valence-electron chi connectivity index (χ2n) is 8.90. The molecule has 0 aliphatic heterocycles. The van der Waals surface area contributed by atoms with Crippen molar-refractivity contribution in [2.45, 2.75) is 12.8 Å². The molecular weight excluding hydrogens is 466 g/mol. The summed E-state index contributed by atoms with van der Waals surface area (Å²) in [7, 11) is 0. The van der Waals surface area contributed by atoms with E-state index in [4.69, 9.17) is 31.0 Å². The molecule has 0 fully saturated rings. The Hall–Kier alpha value is -4.28. The van der Waals surface area contributed by atoms with Crippen molar-refractivity contribution in [3.8, 4) is 22.8 Å². The van der Waals surface area contributed by atoms with E-state index in [1.54, 1.807) is 0 Å². The summed E-state index contributed by atoms with van der Waals surface area (Å²) in [5, 5.41) is 5.11. The summed E-state index contributed by atoms with van der Waals surface area (Å²) in [6.45, 7) is 0. The number of benzene rings is 4. The van der Waals surface area contributed by atoms with Gasteiger partial charge in [0.1, 0.15) is 11.2 Å². The SMILES string of the molecule is ClC1=C(c2nc(-c3ccc4ccccc4c3)nc(-c3cccc4oc5ccccc5c34)n2)C=CCC1. The van der Waals surface area contributed by atoms with Crippen molar-refractivity contribution >= 4 is 49.9 Å². The topological polar surface area (TPSA) is 51.8 Å². The number of allylic oxidation sites excluding steroid dienone is 4. The van der Waals surface area contributed by atoms with E-state index in [0.717, 1.165) is 61.9 Å². The molecule has 36 heavy (non-hydrogen) atoms. The highest BCUT2D eigenvalue weighted by Crippen LogP contribution is 2.37. The maximum atomic E-state index is 6.66. The highest BCUT2D eigenvalue weighted by molar-refractivity contribution is 6.33. The third kappa shape index (κ3) is 3.50. The molecule has 0 radical (unpaired) electrons. The van der Waals surface area contributed by atoms with Gasteiger partial charge in [-0.05, 0) is 41.8 Å². The summed E-state index contributed by atoms with van der Waals surface area (Å²) in [5.74, 6) is 1.78. The zero-order valence-corrected chi connectivity index (χ0v) is 20.0. The van der Waals surface area contributed by atoms with Crippen molar-refractivity contribution in [3.63, 3.8) is 0 Å². The zero-order chi connectivity index (χ0) is 24.1. The molecule has 1 aliphatic carbocycles. The molecule has 0 bridgehead atoms. The van der Waals surface area contributed by atoms with Gasteiger partial charge in [0.2, 0.25) is 0 Å². The predicted octanol–water partition coefficient (Wildman–Crippen LogP) is 8.56. The van der Waals surface area contributed by atoms with Crippen LogP contribution in [0.5, 0.6) is 0 Å². The fourth-order valence-corrected chi connectivity index (χ4v) is 5.12. The summed E-state index contributed by atoms with van der Waals surface area (Å²) in [6.07, 6.45) is 5.83. The first-order valence-electron chi connectivity index (χ1n) is 12.0. The summed E-state index contributed by atoms with van der Waals surface area (Å²) in [5.41, 5.74) is 4.32. The minimum absolute atomic E-state index is 0.578. The largest absolute Gasteiger partial charge is 0.456 e. The molecule has 0 saturated heterocycles. The van der Waals surface area contributed by atoms with E-state index in [2.05, 4.69) is 42.5 Å². The van der Waals surface area contributed by atoms with Crippen molar-refractivity contribution in [2.24, 2.45) is 0 Å². The minimum atomic E-state index is 0.578. The average molecular weight is 486 g/mol. The Morgan fingerprint density at radius 1 is 0.694 bits per heavy atom. The van der Waals surface area contributed by atoms with Crippen LogP contribution in [-0.2, 0) is 0 Å². The second kappa shape index (κ2) is 8.43. The van der Waals surface area contributed by atoms with E-state index in [9.17, 15) is 0 Å². The molecular formula is C31H20ClN3O. The molecule has 0 amide bonds. The van der Waals surface area contributed by atoms with Gasteiger partial charge in [-0.3, -0.25) is 0 Å². The molecule has 0 atom stereocenters. The highest BCUT2D eigenvalue weighted by atomic mass is 35.5. The normalized spacial score (nSPS) is 13.8. The number of fused-ring (bicyclic) bond motifs is 4. The van der Waals surface area contributed by atoms with E-state index < -0.39 is 0 Å². The molecule has 172 valence electrons. The Labute approximate surface area is 212 Å². The zero-order valence-electron chi connectivity index (χ0n) is 19.3. The van der Waals surface area contributed by atoms with E-state index in [1.165, 1.54) is 5.39 Å². The number of aromatic nitrogens is 3. The predicted molar refractivity (Wildman–Crippen MR) is 147 cm³/mol. The van der Waals surface area contributed by atoms with Crippen molar-refractivity contribution in [2.75, 3.05) is 0 Å². The number of halogens is 1. The maximum absolute atomic E-state index is 6.66. The van der Waals surface area contributed by atoms with Gasteiger partial charge in [0.05, 0.1) is 0 Å². The van der Waals surface area contributed by atoms with Crippen LogP contribution in [0.3, 0.4) is 0 Å². The standard InChI is InChI=1S/C31H20ClN3O/c32-25-13-5-3-10-22(25)30-33-29(21-17-16-19-8-1-2-9-20(19)18-21)34-31(35-30)24-12-7-15-27-28(24)23-11-4-6-14-26(23)36-27/h1-4,6-12,14-18H,5,13H2. The van der Waals surface area contributed by atoms with Crippen LogP contribution < -0.4 is 0 Å². The highest BCUT2D eigenvalue weighted by Gasteiger charge is 2.19. The molecule has 2 aromatic heterocycles. The second-order valence-corrected chi connectivity index (χ2v) is 9.36. The van der Waals surface area contributed by atoms with Gasteiger partial charge in [0.25, 0.3) is 0 Å². The van der Waals surface area contributed by atoms with E-state index in [0.29, 0.717) is 17.5 Å². The Bertz CT molecular complexity index is 1870. The number of hydrogen-bond donors (Lipinski definition) is 0. The van der Waals surface area contributed by atoms with Crippen molar-refractivity contribution in [1.29, 1.82) is 0 Å². The van der Waals surface area contributed by atoms with Crippen molar-refractivity contribution in [3.05, 3.63) is 108 Å². The summed E-state index contributed by atoms with van der Waals surface area (Å²) >= 11 is 6.66. The third-order valence-corrected chi connectivity index (χ3v) is 7.03. The monoisotopic (exact) mass is 485 g/mol. The van der Waals surface area contributed by atoms with Crippen LogP contribution in [-0.4, -0.2) is 15.0 Å². The lowest BCUT2D eigenvalue weighted by molar-refractivity contribution is 0.669.